The Morgan fingerprint density at radius 2 is 1.52 bits per heavy atom. The molecule has 0 fully saturated rings. The Kier molecular flexibility index (Phi) is 6.71. The molecular formula is C23H21NO6S. The molecule has 0 saturated carbocycles. The molecule has 0 aliphatic heterocycles. The highest BCUT2D eigenvalue weighted by Gasteiger charge is 2.20. The number of anilines is 1. The van der Waals surface area contributed by atoms with Crippen LogP contribution in [0.3, 0.4) is 0 Å². The Morgan fingerprint density at radius 1 is 0.871 bits per heavy atom. The fourth-order valence-corrected chi connectivity index (χ4v) is 3.28. The monoisotopic (exact) mass is 439 g/mol. The van der Waals surface area contributed by atoms with Gasteiger partial charge in [-0.25, -0.2) is 13.2 Å². The standard InChI is InChI=1S/C23H21NO6S/c1-16(29-23(26)17-7-6-10-21(15-17)31(2,27)28)22(25)24-18-11-13-20(14-12-18)30-19-8-4-3-5-9-19/h3-16H,1-2H3,(H,24,25)/t16-/m0/s1. The maximum absolute atomic E-state index is 12.4. The van der Waals surface area contributed by atoms with Crippen LogP contribution in [0.5, 0.6) is 11.5 Å². The molecule has 7 nitrogen and oxygen atoms in total. The molecular weight excluding hydrogens is 418 g/mol. The van der Waals surface area contributed by atoms with Gasteiger partial charge in [0.15, 0.2) is 15.9 Å². The number of hydrogen-bond acceptors (Lipinski definition) is 6. The van der Waals surface area contributed by atoms with Gasteiger partial charge in [0.1, 0.15) is 11.5 Å². The van der Waals surface area contributed by atoms with Gasteiger partial charge in [0, 0.05) is 11.9 Å². The highest BCUT2D eigenvalue weighted by atomic mass is 32.2. The van der Waals surface area contributed by atoms with Crippen LogP contribution in [0, 0.1) is 0 Å². The first-order chi connectivity index (χ1) is 14.7. The van der Waals surface area contributed by atoms with E-state index in [1.807, 2.05) is 30.3 Å². The number of para-hydroxylation sites is 1. The Balaban J connectivity index is 1.58. The van der Waals surface area contributed by atoms with E-state index in [2.05, 4.69) is 5.32 Å². The van der Waals surface area contributed by atoms with Crippen molar-refractivity contribution in [2.45, 2.75) is 17.9 Å². The molecule has 31 heavy (non-hydrogen) atoms. The largest absolute Gasteiger partial charge is 0.457 e. The average molecular weight is 439 g/mol. The van der Waals surface area contributed by atoms with Crippen LogP contribution in [0.2, 0.25) is 0 Å². The number of sulfone groups is 1. The third-order valence-corrected chi connectivity index (χ3v) is 5.36. The number of benzene rings is 3. The second-order valence-electron chi connectivity index (χ2n) is 6.78. The lowest BCUT2D eigenvalue weighted by atomic mass is 10.2. The lowest BCUT2D eigenvalue weighted by molar-refractivity contribution is -0.123. The number of hydrogen-bond donors (Lipinski definition) is 1. The first-order valence-corrected chi connectivity index (χ1v) is 11.3. The van der Waals surface area contributed by atoms with Crippen LogP contribution in [0.25, 0.3) is 0 Å². The molecule has 1 N–H and O–H groups in total. The molecule has 1 atom stereocenters. The van der Waals surface area contributed by atoms with Gasteiger partial charge in [0.05, 0.1) is 10.5 Å². The van der Waals surface area contributed by atoms with Gasteiger partial charge < -0.3 is 14.8 Å². The summed E-state index contributed by atoms with van der Waals surface area (Å²) in [6.07, 6.45) is -0.0430. The van der Waals surface area contributed by atoms with Crippen LogP contribution in [0.1, 0.15) is 17.3 Å². The van der Waals surface area contributed by atoms with Gasteiger partial charge in [-0.3, -0.25) is 4.79 Å². The summed E-state index contributed by atoms with van der Waals surface area (Å²) >= 11 is 0. The van der Waals surface area contributed by atoms with Gasteiger partial charge in [-0.15, -0.1) is 0 Å². The van der Waals surface area contributed by atoms with E-state index >= 15 is 0 Å². The second kappa shape index (κ2) is 9.44. The summed E-state index contributed by atoms with van der Waals surface area (Å²) in [6, 6.07) is 21.5. The first-order valence-electron chi connectivity index (χ1n) is 9.37. The third-order valence-electron chi connectivity index (χ3n) is 4.25. The quantitative estimate of drug-likeness (QED) is 0.557. The molecule has 0 spiro atoms. The van der Waals surface area contributed by atoms with E-state index in [4.69, 9.17) is 9.47 Å². The molecule has 160 valence electrons. The summed E-state index contributed by atoms with van der Waals surface area (Å²) in [6.45, 7) is 1.43. The summed E-state index contributed by atoms with van der Waals surface area (Å²) < 4.78 is 34.2. The Hall–Kier alpha value is -3.65. The van der Waals surface area contributed by atoms with Crippen LogP contribution in [0.15, 0.2) is 83.8 Å². The summed E-state index contributed by atoms with van der Waals surface area (Å²) in [7, 11) is -3.47. The van der Waals surface area contributed by atoms with Crippen molar-refractivity contribution in [1.82, 2.24) is 0 Å². The van der Waals surface area contributed by atoms with Crippen LogP contribution >= 0.6 is 0 Å². The Bertz CT molecular complexity index is 1170. The fraction of sp³-hybridized carbons (Fsp3) is 0.130. The van der Waals surface area contributed by atoms with E-state index < -0.39 is 27.8 Å². The van der Waals surface area contributed by atoms with Crippen molar-refractivity contribution in [3.05, 3.63) is 84.4 Å². The average Bonchev–Trinajstić information content (AvgIpc) is 2.75. The van der Waals surface area contributed by atoms with Gasteiger partial charge in [-0.2, -0.15) is 0 Å². The van der Waals surface area contributed by atoms with Crippen molar-refractivity contribution < 1.29 is 27.5 Å². The fourth-order valence-electron chi connectivity index (χ4n) is 2.61. The highest BCUT2D eigenvalue weighted by molar-refractivity contribution is 7.90. The van der Waals surface area contributed by atoms with Gasteiger partial charge in [0.25, 0.3) is 5.91 Å². The van der Waals surface area contributed by atoms with E-state index in [1.165, 1.54) is 31.2 Å². The van der Waals surface area contributed by atoms with Gasteiger partial charge in [-0.05, 0) is 61.5 Å². The van der Waals surface area contributed by atoms with Crippen molar-refractivity contribution in [1.29, 1.82) is 0 Å². The summed E-state index contributed by atoms with van der Waals surface area (Å²) in [5.41, 5.74) is 0.553. The molecule has 0 saturated heterocycles. The number of carbonyl (C=O) groups excluding carboxylic acids is 2. The van der Waals surface area contributed by atoms with E-state index in [0.29, 0.717) is 17.2 Å². The lowest BCUT2D eigenvalue weighted by Gasteiger charge is -2.14. The van der Waals surface area contributed by atoms with E-state index in [0.717, 1.165) is 6.26 Å². The zero-order chi connectivity index (χ0) is 22.4. The molecule has 3 rings (SSSR count). The number of rotatable bonds is 7. The highest BCUT2D eigenvalue weighted by Crippen LogP contribution is 2.23. The summed E-state index contributed by atoms with van der Waals surface area (Å²) in [4.78, 5) is 24.7. The maximum atomic E-state index is 12.4. The van der Waals surface area contributed by atoms with Crippen LogP contribution in [-0.4, -0.2) is 32.7 Å². The lowest BCUT2D eigenvalue weighted by Crippen LogP contribution is -2.30. The van der Waals surface area contributed by atoms with E-state index in [1.54, 1.807) is 24.3 Å². The third kappa shape index (κ3) is 6.16. The van der Waals surface area contributed by atoms with Crippen molar-refractivity contribution in [2.75, 3.05) is 11.6 Å². The molecule has 0 radical (unpaired) electrons. The minimum absolute atomic E-state index is 0.00290. The van der Waals surface area contributed by atoms with Crippen molar-refractivity contribution in [2.24, 2.45) is 0 Å². The topological polar surface area (TPSA) is 98.8 Å². The molecule has 0 aromatic heterocycles. The van der Waals surface area contributed by atoms with E-state index in [9.17, 15) is 18.0 Å². The summed E-state index contributed by atoms with van der Waals surface area (Å²) in [5.74, 6) is -0.0155. The number of esters is 1. The summed E-state index contributed by atoms with van der Waals surface area (Å²) in [5, 5.41) is 2.66. The Labute approximate surface area is 180 Å². The maximum Gasteiger partial charge on any atom is 0.338 e. The number of carbonyl (C=O) groups is 2. The first kappa shape index (κ1) is 22.0. The minimum Gasteiger partial charge on any atom is -0.457 e. The molecule has 8 heteroatoms. The molecule has 0 aliphatic rings. The molecule has 0 unspecified atom stereocenters. The Morgan fingerprint density at radius 3 is 2.16 bits per heavy atom. The minimum atomic E-state index is -3.47. The number of nitrogens with one attached hydrogen (secondary N) is 1. The van der Waals surface area contributed by atoms with Gasteiger partial charge >= 0.3 is 5.97 Å². The molecule has 0 bridgehead atoms. The second-order valence-corrected chi connectivity index (χ2v) is 8.79. The molecule has 1 amide bonds. The SMILES string of the molecule is C[C@H](OC(=O)c1cccc(S(C)(=O)=O)c1)C(=O)Nc1ccc(Oc2ccccc2)cc1. The van der Waals surface area contributed by atoms with Crippen LogP contribution in [0.4, 0.5) is 5.69 Å². The van der Waals surface area contributed by atoms with Crippen molar-refractivity contribution in [3.63, 3.8) is 0 Å². The normalized spacial score (nSPS) is 11.9. The van der Waals surface area contributed by atoms with Crippen LogP contribution in [-0.2, 0) is 19.4 Å². The smallest absolute Gasteiger partial charge is 0.338 e. The predicted molar refractivity (Wildman–Crippen MR) is 116 cm³/mol. The molecule has 3 aromatic rings. The van der Waals surface area contributed by atoms with E-state index in [-0.39, 0.29) is 10.5 Å². The molecule has 3 aromatic carbocycles. The van der Waals surface area contributed by atoms with Crippen molar-refractivity contribution in [3.8, 4) is 11.5 Å². The van der Waals surface area contributed by atoms with Gasteiger partial charge in [-0.1, -0.05) is 24.3 Å². The zero-order valence-corrected chi connectivity index (χ0v) is 17.8. The molecule has 0 heterocycles. The zero-order valence-electron chi connectivity index (χ0n) is 16.9. The van der Waals surface area contributed by atoms with Crippen LogP contribution < -0.4 is 10.1 Å². The molecule has 0 aliphatic carbocycles. The predicted octanol–water partition coefficient (Wildman–Crippen LogP) is 4.07. The number of ether oxygens (including phenoxy) is 2. The van der Waals surface area contributed by atoms with Gasteiger partial charge in [0.2, 0.25) is 0 Å². The van der Waals surface area contributed by atoms with Crippen molar-refractivity contribution >= 4 is 27.4 Å². The number of amides is 1.